The maximum atomic E-state index is 11.9. The highest BCUT2D eigenvalue weighted by Crippen LogP contribution is 2.24. The molecule has 3 aromatic heterocycles. The summed E-state index contributed by atoms with van der Waals surface area (Å²) in [6, 6.07) is 5.10. The van der Waals surface area contributed by atoms with Gasteiger partial charge < -0.3 is 19.5 Å². The first kappa shape index (κ1) is 15.0. The van der Waals surface area contributed by atoms with Crippen molar-refractivity contribution in [3.05, 3.63) is 47.4 Å². The van der Waals surface area contributed by atoms with E-state index in [9.17, 15) is 9.59 Å². The van der Waals surface area contributed by atoms with Crippen LogP contribution in [0.15, 0.2) is 44.9 Å². The Kier molecular flexibility index (Phi) is 4.24. The Morgan fingerprint density at radius 3 is 2.83 bits per heavy atom. The number of aromatic nitrogens is 1. The number of furan rings is 2. The second-order valence-corrected chi connectivity index (χ2v) is 5.49. The molecule has 8 heteroatoms. The Hall–Kier alpha value is -2.87. The predicted molar refractivity (Wildman–Crippen MR) is 84.2 cm³/mol. The Morgan fingerprint density at radius 2 is 2.13 bits per heavy atom. The fourth-order valence-electron chi connectivity index (χ4n) is 1.91. The minimum Gasteiger partial charge on any atom is -0.469 e. The third-order valence-electron chi connectivity index (χ3n) is 3.04. The summed E-state index contributed by atoms with van der Waals surface area (Å²) in [5.41, 5.74) is 1.06. The van der Waals surface area contributed by atoms with Crippen molar-refractivity contribution >= 4 is 28.3 Å². The van der Waals surface area contributed by atoms with Gasteiger partial charge in [0.15, 0.2) is 10.9 Å². The number of nitrogens with one attached hydrogen (secondary N) is 2. The van der Waals surface area contributed by atoms with Crippen molar-refractivity contribution < 1.29 is 18.4 Å². The molecule has 0 radical (unpaired) electrons. The summed E-state index contributed by atoms with van der Waals surface area (Å²) in [5.74, 6) is 0.415. The van der Waals surface area contributed by atoms with E-state index in [1.807, 2.05) is 0 Å². The molecule has 3 heterocycles. The summed E-state index contributed by atoms with van der Waals surface area (Å²) in [4.78, 5) is 28.0. The van der Waals surface area contributed by atoms with E-state index < -0.39 is 0 Å². The first-order valence-electron chi connectivity index (χ1n) is 6.75. The highest BCUT2D eigenvalue weighted by molar-refractivity contribution is 7.14. The molecule has 0 bridgehead atoms. The molecule has 3 rings (SSSR count). The zero-order chi connectivity index (χ0) is 16.2. The number of nitrogens with zero attached hydrogens (tertiary/aromatic N) is 1. The standard InChI is InChI=1S/C15H13N3O4S/c1-9-10(4-6-21-9)14(20)16-7-13(19)18-15-17-11(8-23-15)12-3-2-5-22-12/h2-6,8H,7H2,1H3,(H,16,20)(H,17,18,19). The molecule has 7 nitrogen and oxygen atoms in total. The van der Waals surface area contributed by atoms with Crippen LogP contribution < -0.4 is 10.6 Å². The van der Waals surface area contributed by atoms with Crippen molar-refractivity contribution in [1.82, 2.24) is 10.3 Å². The Balaban J connectivity index is 1.54. The van der Waals surface area contributed by atoms with Crippen molar-refractivity contribution in [1.29, 1.82) is 0 Å². The lowest BCUT2D eigenvalue weighted by Crippen LogP contribution is -2.32. The topological polar surface area (TPSA) is 97.4 Å². The Bertz CT molecular complexity index is 820. The lowest BCUT2D eigenvalue weighted by atomic mass is 10.2. The molecule has 2 N–H and O–H groups in total. The highest BCUT2D eigenvalue weighted by Gasteiger charge is 2.14. The summed E-state index contributed by atoms with van der Waals surface area (Å²) in [7, 11) is 0. The maximum absolute atomic E-state index is 11.9. The molecule has 0 unspecified atom stereocenters. The third-order valence-corrected chi connectivity index (χ3v) is 3.79. The molecule has 0 aliphatic heterocycles. The molecule has 0 aromatic carbocycles. The molecule has 23 heavy (non-hydrogen) atoms. The average molecular weight is 331 g/mol. The molecule has 118 valence electrons. The number of amides is 2. The maximum Gasteiger partial charge on any atom is 0.255 e. The first-order valence-corrected chi connectivity index (χ1v) is 7.63. The molecule has 3 aromatic rings. The van der Waals surface area contributed by atoms with E-state index >= 15 is 0 Å². The van der Waals surface area contributed by atoms with Gasteiger partial charge in [-0.25, -0.2) is 4.98 Å². The number of thiazole rings is 1. The van der Waals surface area contributed by atoms with Gasteiger partial charge in [-0.15, -0.1) is 11.3 Å². The normalized spacial score (nSPS) is 10.5. The van der Waals surface area contributed by atoms with E-state index in [1.165, 1.54) is 17.6 Å². The number of anilines is 1. The van der Waals surface area contributed by atoms with Crippen molar-refractivity contribution in [2.75, 3.05) is 11.9 Å². The van der Waals surface area contributed by atoms with Crippen molar-refractivity contribution in [3.63, 3.8) is 0 Å². The van der Waals surface area contributed by atoms with Gasteiger partial charge in [-0.05, 0) is 25.1 Å². The van der Waals surface area contributed by atoms with Gasteiger partial charge in [0.2, 0.25) is 5.91 Å². The fraction of sp³-hybridized carbons (Fsp3) is 0.133. The largest absolute Gasteiger partial charge is 0.469 e. The van der Waals surface area contributed by atoms with Crippen LogP contribution in [0.5, 0.6) is 0 Å². The molecule has 0 fully saturated rings. The summed E-state index contributed by atoms with van der Waals surface area (Å²) in [6.45, 7) is 1.53. The van der Waals surface area contributed by atoms with E-state index in [1.54, 1.807) is 36.8 Å². The molecular weight excluding hydrogens is 318 g/mol. The number of rotatable bonds is 5. The second kappa shape index (κ2) is 6.49. The molecular formula is C15H13N3O4S. The van der Waals surface area contributed by atoms with Crippen LogP contribution in [-0.2, 0) is 4.79 Å². The van der Waals surface area contributed by atoms with E-state index in [4.69, 9.17) is 8.83 Å². The van der Waals surface area contributed by atoms with Crippen molar-refractivity contribution in [3.8, 4) is 11.5 Å². The van der Waals surface area contributed by atoms with Crippen LogP contribution in [0, 0.1) is 6.92 Å². The van der Waals surface area contributed by atoms with Crippen LogP contribution in [-0.4, -0.2) is 23.3 Å². The average Bonchev–Trinajstić information content (AvgIpc) is 3.25. The summed E-state index contributed by atoms with van der Waals surface area (Å²) < 4.78 is 10.3. The van der Waals surface area contributed by atoms with Crippen LogP contribution in [0.4, 0.5) is 5.13 Å². The number of hydrogen-bond donors (Lipinski definition) is 2. The molecule has 0 saturated carbocycles. The van der Waals surface area contributed by atoms with Gasteiger partial charge in [-0.3, -0.25) is 9.59 Å². The second-order valence-electron chi connectivity index (χ2n) is 4.64. The number of carbonyl (C=O) groups is 2. The van der Waals surface area contributed by atoms with Crippen LogP contribution in [0.1, 0.15) is 16.1 Å². The predicted octanol–water partition coefficient (Wildman–Crippen LogP) is 2.67. The van der Waals surface area contributed by atoms with E-state index in [2.05, 4.69) is 15.6 Å². The van der Waals surface area contributed by atoms with Crippen LogP contribution >= 0.6 is 11.3 Å². The van der Waals surface area contributed by atoms with Gasteiger partial charge in [0, 0.05) is 5.38 Å². The van der Waals surface area contributed by atoms with Crippen LogP contribution in [0.2, 0.25) is 0 Å². The molecule has 0 aliphatic carbocycles. The lowest BCUT2D eigenvalue weighted by Gasteiger charge is -2.04. The fourth-order valence-corrected chi connectivity index (χ4v) is 2.62. The van der Waals surface area contributed by atoms with Crippen LogP contribution in [0.25, 0.3) is 11.5 Å². The van der Waals surface area contributed by atoms with Gasteiger partial charge in [-0.2, -0.15) is 0 Å². The smallest absolute Gasteiger partial charge is 0.255 e. The number of carbonyl (C=O) groups excluding carboxylic acids is 2. The first-order chi connectivity index (χ1) is 11.1. The monoisotopic (exact) mass is 331 g/mol. The highest BCUT2D eigenvalue weighted by atomic mass is 32.1. The summed E-state index contributed by atoms with van der Waals surface area (Å²) in [5, 5.41) is 7.38. The SMILES string of the molecule is Cc1occc1C(=O)NCC(=O)Nc1nc(-c2ccco2)cs1. The Morgan fingerprint density at radius 1 is 1.26 bits per heavy atom. The van der Waals surface area contributed by atoms with E-state index in [0.29, 0.717) is 27.9 Å². The van der Waals surface area contributed by atoms with Crippen LogP contribution in [0.3, 0.4) is 0 Å². The molecule has 0 aliphatic rings. The lowest BCUT2D eigenvalue weighted by molar-refractivity contribution is -0.115. The third kappa shape index (κ3) is 3.49. The van der Waals surface area contributed by atoms with Gasteiger partial charge in [-0.1, -0.05) is 0 Å². The van der Waals surface area contributed by atoms with Gasteiger partial charge in [0.25, 0.3) is 5.91 Å². The zero-order valence-corrected chi connectivity index (χ0v) is 13.0. The van der Waals surface area contributed by atoms with E-state index in [0.717, 1.165) is 0 Å². The zero-order valence-electron chi connectivity index (χ0n) is 12.2. The van der Waals surface area contributed by atoms with Gasteiger partial charge >= 0.3 is 0 Å². The number of hydrogen-bond acceptors (Lipinski definition) is 6. The molecule has 2 amide bonds. The van der Waals surface area contributed by atoms with E-state index in [-0.39, 0.29) is 18.4 Å². The molecule has 0 saturated heterocycles. The minimum atomic E-state index is -0.361. The summed E-state index contributed by atoms with van der Waals surface area (Å²) in [6.07, 6.45) is 2.98. The summed E-state index contributed by atoms with van der Waals surface area (Å²) >= 11 is 1.28. The minimum absolute atomic E-state index is 0.154. The van der Waals surface area contributed by atoms with Crippen molar-refractivity contribution in [2.24, 2.45) is 0 Å². The number of aryl methyl sites for hydroxylation is 1. The van der Waals surface area contributed by atoms with Gasteiger partial charge in [0.05, 0.1) is 24.6 Å². The molecule has 0 spiro atoms. The van der Waals surface area contributed by atoms with Crippen molar-refractivity contribution in [2.45, 2.75) is 6.92 Å². The molecule has 0 atom stereocenters. The Labute approximate surface area is 135 Å². The quantitative estimate of drug-likeness (QED) is 0.749. The van der Waals surface area contributed by atoms with Gasteiger partial charge in [0.1, 0.15) is 11.5 Å².